The minimum atomic E-state index is -4.78. The van der Waals surface area contributed by atoms with Gasteiger partial charge in [-0.1, -0.05) is 47.8 Å². The van der Waals surface area contributed by atoms with Gasteiger partial charge in [-0.15, -0.1) is 0 Å². The number of carbonyl (C=O) groups excluding carboxylic acids is 2. The lowest BCUT2D eigenvalue weighted by molar-refractivity contribution is -0.140. The third kappa shape index (κ3) is 8.39. The van der Waals surface area contributed by atoms with E-state index in [1.54, 1.807) is 26.8 Å². The summed E-state index contributed by atoms with van der Waals surface area (Å²) < 4.78 is 65.9. The number of halogens is 6. The maximum absolute atomic E-state index is 13.6. The molecule has 7 nitrogen and oxygen atoms in total. The van der Waals surface area contributed by atoms with Crippen LogP contribution in [0.25, 0.3) is 0 Å². The Morgan fingerprint density at radius 2 is 1.61 bits per heavy atom. The first-order valence-electron chi connectivity index (χ1n) is 11.3. The van der Waals surface area contributed by atoms with Crippen LogP contribution >= 0.6 is 34.8 Å². The second-order valence-electron chi connectivity index (χ2n) is 8.79. The van der Waals surface area contributed by atoms with Crippen molar-refractivity contribution < 1.29 is 31.2 Å². The van der Waals surface area contributed by atoms with Gasteiger partial charge in [-0.3, -0.25) is 13.9 Å². The van der Waals surface area contributed by atoms with Crippen molar-refractivity contribution in [1.82, 2.24) is 10.2 Å². The van der Waals surface area contributed by atoms with E-state index < -0.39 is 51.9 Å². The smallest absolute Gasteiger partial charge is 0.352 e. The minimum Gasteiger partial charge on any atom is -0.352 e. The molecule has 0 aliphatic carbocycles. The molecule has 0 fully saturated rings. The summed E-state index contributed by atoms with van der Waals surface area (Å²) in [6.45, 7) is 4.06. The molecule has 0 saturated carbocycles. The fourth-order valence-corrected chi connectivity index (χ4v) is 5.05. The van der Waals surface area contributed by atoms with Gasteiger partial charge in [0.25, 0.3) is 0 Å². The molecule has 0 radical (unpaired) electrons. The molecule has 0 aliphatic heterocycles. The highest BCUT2D eigenvalue weighted by molar-refractivity contribution is 7.92. The van der Waals surface area contributed by atoms with Crippen LogP contribution in [-0.2, 0) is 32.3 Å². The highest BCUT2D eigenvalue weighted by atomic mass is 35.5. The molecule has 2 aromatic carbocycles. The van der Waals surface area contributed by atoms with Crippen LogP contribution < -0.4 is 9.62 Å². The lowest BCUT2D eigenvalue weighted by Crippen LogP contribution is -2.53. The van der Waals surface area contributed by atoms with Gasteiger partial charge in [-0.05, 0) is 56.2 Å². The van der Waals surface area contributed by atoms with E-state index in [-0.39, 0.29) is 34.1 Å². The summed E-state index contributed by atoms with van der Waals surface area (Å²) in [6, 6.07) is 5.46. The van der Waals surface area contributed by atoms with Crippen molar-refractivity contribution in [2.45, 2.75) is 52.0 Å². The fraction of sp³-hybridized carbons (Fsp3) is 0.417. The normalized spacial score (nSPS) is 12.8. The summed E-state index contributed by atoms with van der Waals surface area (Å²) in [5.74, 6) is -1.33. The van der Waals surface area contributed by atoms with Crippen molar-refractivity contribution >= 4 is 62.3 Å². The van der Waals surface area contributed by atoms with Crippen molar-refractivity contribution in [3.63, 3.8) is 0 Å². The van der Waals surface area contributed by atoms with E-state index >= 15 is 0 Å². The van der Waals surface area contributed by atoms with Crippen LogP contribution in [0.3, 0.4) is 0 Å². The van der Waals surface area contributed by atoms with Crippen LogP contribution in [0, 0.1) is 0 Å². The predicted molar refractivity (Wildman–Crippen MR) is 143 cm³/mol. The zero-order valence-electron chi connectivity index (χ0n) is 20.9. The number of sulfonamides is 1. The summed E-state index contributed by atoms with van der Waals surface area (Å²) in [5, 5.41) is 2.88. The highest BCUT2D eigenvalue weighted by Crippen LogP contribution is 2.36. The van der Waals surface area contributed by atoms with Crippen molar-refractivity contribution in [3.05, 3.63) is 62.6 Å². The molecule has 0 aromatic heterocycles. The Labute approximate surface area is 234 Å². The van der Waals surface area contributed by atoms with Gasteiger partial charge >= 0.3 is 6.18 Å². The largest absolute Gasteiger partial charge is 0.416 e. The molecule has 0 aliphatic rings. The van der Waals surface area contributed by atoms with Crippen molar-refractivity contribution in [2.75, 3.05) is 17.1 Å². The van der Waals surface area contributed by atoms with E-state index in [0.717, 1.165) is 17.2 Å². The molecular formula is C24H27Cl3F3N3O4S. The number of hydrogen-bond acceptors (Lipinski definition) is 4. The molecule has 38 heavy (non-hydrogen) atoms. The molecule has 1 atom stereocenters. The van der Waals surface area contributed by atoms with Gasteiger partial charge in [0.15, 0.2) is 0 Å². The first-order chi connectivity index (χ1) is 17.4. The summed E-state index contributed by atoms with van der Waals surface area (Å²) in [7, 11) is -4.29. The Hall–Kier alpha value is -2.21. The maximum atomic E-state index is 13.6. The fourth-order valence-electron chi connectivity index (χ4n) is 3.61. The third-order valence-electron chi connectivity index (χ3n) is 5.38. The van der Waals surface area contributed by atoms with Gasteiger partial charge in [-0.2, -0.15) is 13.2 Å². The van der Waals surface area contributed by atoms with Crippen molar-refractivity contribution in [2.24, 2.45) is 0 Å². The first kappa shape index (κ1) is 32.0. The van der Waals surface area contributed by atoms with Gasteiger partial charge in [-0.25, -0.2) is 8.42 Å². The number of rotatable bonds is 10. The summed E-state index contributed by atoms with van der Waals surface area (Å²) in [5.41, 5.74) is -1.17. The quantitative estimate of drug-likeness (QED) is 0.368. The van der Waals surface area contributed by atoms with E-state index in [0.29, 0.717) is 22.0 Å². The zero-order valence-corrected chi connectivity index (χ0v) is 24.0. The average Bonchev–Trinajstić information content (AvgIpc) is 2.78. The molecule has 0 bridgehead atoms. The van der Waals surface area contributed by atoms with Gasteiger partial charge in [0.05, 0.1) is 32.6 Å². The molecule has 1 N–H and O–H groups in total. The van der Waals surface area contributed by atoms with Crippen LogP contribution in [0.5, 0.6) is 0 Å². The zero-order chi connectivity index (χ0) is 29.0. The Kier molecular flexibility index (Phi) is 10.7. The lowest BCUT2D eigenvalue weighted by atomic mass is 10.1. The number of carbonyl (C=O) groups is 2. The van der Waals surface area contributed by atoms with E-state index in [9.17, 15) is 31.2 Å². The Balaban J connectivity index is 2.57. The number of anilines is 1. The molecule has 0 heterocycles. The monoisotopic (exact) mass is 615 g/mol. The minimum absolute atomic E-state index is 0.159. The second kappa shape index (κ2) is 12.8. The summed E-state index contributed by atoms with van der Waals surface area (Å²) >= 11 is 18.2. The Bertz CT molecular complexity index is 1290. The predicted octanol–water partition coefficient (Wildman–Crippen LogP) is 5.76. The van der Waals surface area contributed by atoms with Crippen LogP contribution in [0.15, 0.2) is 36.4 Å². The summed E-state index contributed by atoms with van der Waals surface area (Å²) in [4.78, 5) is 27.8. The molecule has 210 valence electrons. The molecule has 0 spiro atoms. The number of hydrogen-bond donors (Lipinski definition) is 1. The second-order valence-corrected chi connectivity index (χ2v) is 11.9. The van der Waals surface area contributed by atoms with Gasteiger partial charge in [0, 0.05) is 12.6 Å². The molecule has 14 heteroatoms. The van der Waals surface area contributed by atoms with Gasteiger partial charge in [0.2, 0.25) is 21.8 Å². The van der Waals surface area contributed by atoms with Crippen LogP contribution in [0.1, 0.15) is 38.3 Å². The number of nitrogens with one attached hydrogen (secondary N) is 1. The molecular weight excluding hydrogens is 590 g/mol. The SMILES string of the molecule is CC[C@@H](C(=O)NC(C)C)N(Cc1ccc(Cl)c(Cl)c1)C(=O)CN(c1cc(C(F)(F)F)ccc1Cl)S(C)(=O)=O. The number of alkyl halides is 3. The van der Waals surface area contributed by atoms with Gasteiger partial charge < -0.3 is 10.2 Å². The molecule has 2 aromatic rings. The molecule has 2 rings (SSSR count). The molecule has 0 unspecified atom stereocenters. The van der Waals surface area contributed by atoms with Crippen molar-refractivity contribution in [3.8, 4) is 0 Å². The molecule has 2 amide bonds. The van der Waals surface area contributed by atoms with Crippen molar-refractivity contribution in [1.29, 1.82) is 0 Å². The number of benzene rings is 2. The maximum Gasteiger partial charge on any atom is 0.416 e. The number of nitrogens with zero attached hydrogens (tertiary/aromatic N) is 2. The highest BCUT2D eigenvalue weighted by Gasteiger charge is 2.35. The Morgan fingerprint density at radius 3 is 2.11 bits per heavy atom. The van der Waals surface area contributed by atoms with E-state index in [4.69, 9.17) is 34.8 Å². The molecule has 0 saturated heterocycles. The van der Waals surface area contributed by atoms with E-state index in [2.05, 4.69) is 5.32 Å². The van der Waals surface area contributed by atoms with E-state index in [1.165, 1.54) is 12.1 Å². The number of amides is 2. The average molecular weight is 617 g/mol. The van der Waals surface area contributed by atoms with Crippen LogP contribution in [-0.4, -0.2) is 50.0 Å². The standard InChI is InChI=1S/C24H27Cl3F3N3O4S/c1-5-20(23(35)31-14(2)3)32(12-15-6-8-17(25)19(27)10-15)22(34)13-33(38(4,36)37)21-11-16(24(28,29)30)7-9-18(21)26/h6-11,14,20H,5,12-13H2,1-4H3,(H,31,35)/t20-/m0/s1. The summed E-state index contributed by atoms with van der Waals surface area (Å²) in [6.07, 6.45) is -3.88. The third-order valence-corrected chi connectivity index (χ3v) is 7.56. The topological polar surface area (TPSA) is 86.8 Å². The Morgan fingerprint density at radius 1 is 1.00 bits per heavy atom. The van der Waals surface area contributed by atoms with Crippen LogP contribution in [0.4, 0.5) is 18.9 Å². The first-order valence-corrected chi connectivity index (χ1v) is 14.3. The van der Waals surface area contributed by atoms with E-state index in [1.807, 2.05) is 0 Å². The lowest BCUT2D eigenvalue weighted by Gasteiger charge is -2.33. The van der Waals surface area contributed by atoms with Crippen LogP contribution in [0.2, 0.25) is 15.1 Å². The van der Waals surface area contributed by atoms with Gasteiger partial charge in [0.1, 0.15) is 12.6 Å².